The van der Waals surface area contributed by atoms with Crippen molar-refractivity contribution in [2.45, 2.75) is 45.3 Å². The Kier molecular flexibility index (Phi) is 5.20. The maximum atomic E-state index is 6.08. The van der Waals surface area contributed by atoms with Crippen LogP contribution in [-0.2, 0) is 9.31 Å². The van der Waals surface area contributed by atoms with Gasteiger partial charge in [0.1, 0.15) is 5.75 Å². The summed E-state index contributed by atoms with van der Waals surface area (Å²) in [6.07, 6.45) is 1.01. The van der Waals surface area contributed by atoms with E-state index in [1.807, 2.05) is 24.3 Å². The highest BCUT2D eigenvalue weighted by atomic mass is 16.7. The first kappa shape index (κ1) is 17.3. The van der Waals surface area contributed by atoms with Crippen molar-refractivity contribution >= 4 is 12.6 Å². The number of ether oxygens (including phenoxy) is 1. The molecule has 0 aliphatic carbocycles. The van der Waals surface area contributed by atoms with E-state index >= 15 is 0 Å². The summed E-state index contributed by atoms with van der Waals surface area (Å²) in [6.45, 7) is 9.99. The fourth-order valence-electron chi connectivity index (χ4n) is 2.30. The molecule has 0 N–H and O–H groups in total. The molecule has 0 amide bonds. The van der Waals surface area contributed by atoms with Gasteiger partial charge in [-0.15, -0.1) is 0 Å². The average molecular weight is 305 g/mol. The van der Waals surface area contributed by atoms with Gasteiger partial charge in [0.15, 0.2) is 0 Å². The lowest BCUT2D eigenvalue weighted by Crippen LogP contribution is -2.41. The highest BCUT2D eigenvalue weighted by molar-refractivity contribution is 6.62. The predicted molar refractivity (Wildman–Crippen MR) is 90.8 cm³/mol. The zero-order valence-corrected chi connectivity index (χ0v) is 14.7. The molecule has 2 rings (SSSR count). The number of hydrogen-bond acceptors (Lipinski definition) is 4. The number of rotatable bonds is 6. The van der Waals surface area contributed by atoms with Gasteiger partial charge in [-0.05, 0) is 65.8 Å². The molecule has 1 aliphatic heterocycles. The van der Waals surface area contributed by atoms with Crippen LogP contribution < -0.4 is 10.2 Å². The van der Waals surface area contributed by atoms with Crippen LogP contribution in [0.3, 0.4) is 0 Å². The summed E-state index contributed by atoms with van der Waals surface area (Å²) in [5.74, 6) is 0.867. The van der Waals surface area contributed by atoms with Gasteiger partial charge < -0.3 is 18.9 Å². The Hall–Kier alpha value is -1.04. The van der Waals surface area contributed by atoms with Crippen LogP contribution in [0.2, 0.25) is 0 Å². The van der Waals surface area contributed by atoms with Gasteiger partial charge in [0.25, 0.3) is 0 Å². The first-order chi connectivity index (χ1) is 10.2. The van der Waals surface area contributed by atoms with Crippen LogP contribution in [0.15, 0.2) is 24.3 Å². The topological polar surface area (TPSA) is 30.9 Å². The van der Waals surface area contributed by atoms with E-state index in [0.29, 0.717) is 6.61 Å². The van der Waals surface area contributed by atoms with Crippen molar-refractivity contribution in [3.05, 3.63) is 24.3 Å². The minimum absolute atomic E-state index is 0.319. The molecule has 1 aromatic rings. The molecule has 0 atom stereocenters. The molecule has 0 radical (unpaired) electrons. The molecule has 1 saturated heterocycles. The van der Waals surface area contributed by atoms with Crippen LogP contribution >= 0.6 is 0 Å². The Morgan fingerprint density at radius 2 is 1.73 bits per heavy atom. The minimum atomic E-state index is -0.338. The number of benzene rings is 1. The van der Waals surface area contributed by atoms with Gasteiger partial charge in [-0.3, -0.25) is 0 Å². The molecule has 22 heavy (non-hydrogen) atoms. The van der Waals surface area contributed by atoms with Gasteiger partial charge in [0, 0.05) is 6.54 Å². The highest BCUT2D eigenvalue weighted by Gasteiger charge is 2.51. The van der Waals surface area contributed by atoms with Crippen LogP contribution in [-0.4, -0.2) is 50.5 Å². The molecule has 0 bridgehead atoms. The Labute approximate surface area is 134 Å². The van der Waals surface area contributed by atoms with Crippen molar-refractivity contribution in [3.63, 3.8) is 0 Å². The monoisotopic (exact) mass is 305 g/mol. The van der Waals surface area contributed by atoms with Crippen LogP contribution in [0.1, 0.15) is 34.1 Å². The second-order valence-corrected chi connectivity index (χ2v) is 7.17. The molecule has 0 spiro atoms. The first-order valence-electron chi connectivity index (χ1n) is 7.94. The third-order valence-electron chi connectivity index (χ3n) is 4.40. The third kappa shape index (κ3) is 4.03. The summed E-state index contributed by atoms with van der Waals surface area (Å²) >= 11 is 0. The Bertz CT molecular complexity index is 486. The number of hydrogen-bond donors (Lipinski definition) is 0. The van der Waals surface area contributed by atoms with Crippen molar-refractivity contribution in [3.8, 4) is 5.75 Å². The second kappa shape index (κ2) is 6.61. The summed E-state index contributed by atoms with van der Waals surface area (Å²) in [7, 11) is 3.80. The van der Waals surface area contributed by atoms with Crippen LogP contribution in [0, 0.1) is 0 Å². The average Bonchev–Trinajstić information content (AvgIpc) is 2.64. The van der Waals surface area contributed by atoms with E-state index in [4.69, 9.17) is 14.0 Å². The Balaban J connectivity index is 1.98. The van der Waals surface area contributed by atoms with Crippen molar-refractivity contribution < 1.29 is 14.0 Å². The normalized spacial score (nSPS) is 19.7. The smallest absolute Gasteiger partial charge is 0.494 e. The molecule has 1 heterocycles. The van der Waals surface area contributed by atoms with E-state index in [1.54, 1.807) is 0 Å². The second-order valence-electron chi connectivity index (χ2n) is 7.17. The molecule has 1 aliphatic rings. The summed E-state index contributed by atoms with van der Waals surface area (Å²) in [5, 5.41) is 0. The maximum Gasteiger partial charge on any atom is 0.494 e. The van der Waals surface area contributed by atoms with Gasteiger partial charge in [-0.25, -0.2) is 0 Å². The van der Waals surface area contributed by atoms with Gasteiger partial charge >= 0.3 is 7.12 Å². The van der Waals surface area contributed by atoms with E-state index in [2.05, 4.69) is 46.7 Å². The van der Waals surface area contributed by atoms with E-state index in [9.17, 15) is 0 Å². The van der Waals surface area contributed by atoms with Gasteiger partial charge in [-0.1, -0.05) is 12.1 Å². The standard InChI is InChI=1S/C17H28BNO3/c1-16(2)17(3,4)22-18(21-16)14-9-7-10-15(13-14)20-12-8-11-19(5)6/h7,9-10,13H,8,11-12H2,1-6H3. The molecule has 1 fully saturated rings. The lowest BCUT2D eigenvalue weighted by molar-refractivity contribution is 0.00578. The summed E-state index contributed by atoms with van der Waals surface area (Å²) in [4.78, 5) is 2.16. The van der Waals surface area contributed by atoms with E-state index in [-0.39, 0.29) is 18.3 Å². The van der Waals surface area contributed by atoms with Crippen LogP contribution in [0.4, 0.5) is 0 Å². The molecule has 0 unspecified atom stereocenters. The molecular formula is C17H28BNO3. The van der Waals surface area contributed by atoms with Gasteiger partial charge in [0.05, 0.1) is 17.8 Å². The highest BCUT2D eigenvalue weighted by Crippen LogP contribution is 2.36. The molecule has 0 saturated carbocycles. The minimum Gasteiger partial charge on any atom is -0.494 e. The zero-order valence-electron chi connectivity index (χ0n) is 14.7. The largest absolute Gasteiger partial charge is 0.494 e. The van der Waals surface area contributed by atoms with E-state index in [0.717, 1.165) is 24.2 Å². The van der Waals surface area contributed by atoms with E-state index < -0.39 is 0 Å². The molecule has 0 aromatic heterocycles. The summed E-state index contributed by atoms with van der Waals surface area (Å²) in [5.41, 5.74) is 0.365. The maximum absolute atomic E-state index is 6.08. The van der Waals surface area contributed by atoms with Crippen LogP contribution in [0.5, 0.6) is 5.75 Å². The molecule has 1 aromatic carbocycles. The van der Waals surface area contributed by atoms with Crippen molar-refractivity contribution in [1.82, 2.24) is 4.90 Å². The molecule has 4 nitrogen and oxygen atoms in total. The van der Waals surface area contributed by atoms with Crippen molar-refractivity contribution in [2.75, 3.05) is 27.2 Å². The molecular weight excluding hydrogens is 277 g/mol. The molecule has 5 heteroatoms. The zero-order chi connectivity index (χ0) is 16.4. The predicted octanol–water partition coefficient (Wildman–Crippen LogP) is 2.32. The van der Waals surface area contributed by atoms with E-state index in [1.165, 1.54) is 0 Å². The lowest BCUT2D eigenvalue weighted by Gasteiger charge is -2.32. The van der Waals surface area contributed by atoms with Gasteiger partial charge in [0.2, 0.25) is 0 Å². The summed E-state index contributed by atoms with van der Waals surface area (Å²) in [6, 6.07) is 8.00. The van der Waals surface area contributed by atoms with Crippen molar-refractivity contribution in [1.29, 1.82) is 0 Å². The third-order valence-corrected chi connectivity index (χ3v) is 4.40. The molecule has 122 valence electrons. The Morgan fingerprint density at radius 1 is 1.09 bits per heavy atom. The van der Waals surface area contributed by atoms with Crippen LogP contribution in [0.25, 0.3) is 0 Å². The van der Waals surface area contributed by atoms with Gasteiger partial charge in [-0.2, -0.15) is 0 Å². The first-order valence-corrected chi connectivity index (χ1v) is 7.94. The lowest BCUT2D eigenvalue weighted by atomic mass is 9.79. The fourth-order valence-corrected chi connectivity index (χ4v) is 2.30. The Morgan fingerprint density at radius 3 is 2.32 bits per heavy atom. The SMILES string of the molecule is CN(C)CCCOc1cccc(B2OC(C)(C)C(C)(C)O2)c1. The quantitative estimate of drug-likeness (QED) is 0.596. The van der Waals surface area contributed by atoms with Crippen molar-refractivity contribution in [2.24, 2.45) is 0 Å². The summed E-state index contributed by atoms with van der Waals surface area (Å²) < 4.78 is 18.0. The number of nitrogens with zero attached hydrogens (tertiary/aromatic N) is 1. The fraction of sp³-hybridized carbons (Fsp3) is 0.647.